The number of aliphatic carboxylic acids is 3. The summed E-state index contributed by atoms with van der Waals surface area (Å²) in [7, 11) is 0. The molecule has 0 saturated carbocycles. The number of H-pyrrole nitrogens is 1. The molecular weight excluding hydrogens is 858 g/mol. The van der Waals surface area contributed by atoms with Crippen molar-refractivity contribution in [2.24, 2.45) is 0 Å². The fourth-order valence-corrected chi connectivity index (χ4v) is 4.88. The predicted octanol–water partition coefficient (Wildman–Crippen LogP) is 7.52. The number of rotatable bonds is 5. The standard InChI is InChI=1S/C29H24F3N7O.3C2HF3O2/c30-29(31,32)22-4-1-3-20(13-22)28(40)37-23-5-2-6-24(15-23)38-9-11-39(12-10-38)27-25-14-19(21-16-35-36-17-21)7-8-26(25)33-18-34-27;3*3-2(4,5)1(6)7/h1-8,13-18H,9-12H2,(H,35,36)(H,37,40);3*(H,6,7). The molecule has 1 aliphatic rings. The lowest BCUT2D eigenvalue weighted by molar-refractivity contribution is -0.193. The van der Waals surface area contributed by atoms with E-state index in [9.17, 15) is 57.5 Å². The molecule has 0 atom stereocenters. The van der Waals surface area contributed by atoms with Crippen molar-refractivity contribution in [1.29, 1.82) is 0 Å². The summed E-state index contributed by atoms with van der Waals surface area (Å²) in [5.41, 5.74) is 3.39. The topological polar surface area (TPSA) is 202 Å². The highest BCUT2D eigenvalue weighted by Gasteiger charge is 2.39. The first-order chi connectivity index (χ1) is 28.2. The number of piperazine rings is 1. The number of amides is 1. The van der Waals surface area contributed by atoms with Gasteiger partial charge in [-0.3, -0.25) is 9.89 Å². The molecule has 1 aliphatic heterocycles. The minimum absolute atomic E-state index is 0.0538. The lowest BCUT2D eigenvalue weighted by atomic mass is 10.1. The second-order valence-corrected chi connectivity index (χ2v) is 11.9. The number of hydrogen-bond acceptors (Lipinski definition) is 9. The summed E-state index contributed by atoms with van der Waals surface area (Å²) in [6.07, 6.45) is -14.6. The van der Waals surface area contributed by atoms with Crippen LogP contribution in [-0.2, 0) is 20.6 Å². The first-order valence-corrected chi connectivity index (χ1v) is 16.4. The van der Waals surface area contributed by atoms with Crippen LogP contribution in [0.5, 0.6) is 0 Å². The molecule has 3 heterocycles. The first kappa shape index (κ1) is 48.2. The van der Waals surface area contributed by atoms with Gasteiger partial charge in [-0.05, 0) is 54.1 Å². The minimum Gasteiger partial charge on any atom is -0.475 e. The van der Waals surface area contributed by atoms with Gasteiger partial charge >= 0.3 is 42.6 Å². The number of carboxylic acid groups (broad SMARTS) is 3. The van der Waals surface area contributed by atoms with Crippen LogP contribution in [0.15, 0.2) is 85.5 Å². The van der Waals surface area contributed by atoms with Crippen molar-refractivity contribution in [3.05, 3.63) is 96.6 Å². The van der Waals surface area contributed by atoms with Crippen molar-refractivity contribution in [3.63, 3.8) is 0 Å². The van der Waals surface area contributed by atoms with Crippen molar-refractivity contribution in [1.82, 2.24) is 20.2 Å². The van der Waals surface area contributed by atoms with Gasteiger partial charge in [0.05, 0.1) is 17.3 Å². The Balaban J connectivity index is 0.000000390. The molecule has 26 heteroatoms. The SMILES string of the molecule is O=C(Nc1cccc(N2CCN(c3ncnc4ccc(-c5cn[nH]c5)cc34)CC2)c1)c1cccc(C(F)(F)F)c1.O=C(O)C(F)(F)F.O=C(O)C(F)(F)F.O=C(O)C(F)(F)F. The third-order valence-electron chi connectivity index (χ3n) is 7.67. The summed E-state index contributed by atoms with van der Waals surface area (Å²) < 4.78 is 134. The number of nitrogens with one attached hydrogen (secondary N) is 2. The van der Waals surface area contributed by atoms with Gasteiger partial charge in [0.25, 0.3) is 5.91 Å². The molecule has 6 rings (SSSR count). The highest BCUT2D eigenvalue weighted by Crippen LogP contribution is 2.31. The molecule has 5 aromatic rings. The quantitative estimate of drug-likeness (QED) is 0.109. The van der Waals surface area contributed by atoms with E-state index in [0.717, 1.165) is 71.8 Å². The van der Waals surface area contributed by atoms with E-state index in [4.69, 9.17) is 29.7 Å². The first-order valence-electron chi connectivity index (χ1n) is 16.4. The van der Waals surface area contributed by atoms with Gasteiger partial charge < -0.3 is 30.4 Å². The number of aromatic amines is 1. The zero-order chi connectivity index (χ0) is 45.9. The molecule has 61 heavy (non-hydrogen) atoms. The summed E-state index contributed by atoms with van der Waals surface area (Å²) >= 11 is 0. The van der Waals surface area contributed by atoms with Crippen LogP contribution in [0.25, 0.3) is 22.0 Å². The molecule has 0 aliphatic carbocycles. The number of fused-ring (bicyclic) bond motifs is 1. The Morgan fingerprint density at radius 1 is 0.639 bits per heavy atom. The molecule has 0 radical (unpaired) electrons. The molecule has 0 unspecified atom stereocenters. The van der Waals surface area contributed by atoms with Crippen LogP contribution in [-0.4, -0.2) is 104 Å². The van der Waals surface area contributed by atoms with E-state index < -0.39 is 54.1 Å². The Labute approximate surface area is 333 Å². The number of nitrogens with zero attached hydrogens (tertiary/aromatic N) is 5. The van der Waals surface area contributed by atoms with E-state index in [0.29, 0.717) is 5.69 Å². The molecule has 0 spiro atoms. The van der Waals surface area contributed by atoms with Crippen molar-refractivity contribution >= 4 is 51.9 Å². The molecule has 0 bridgehead atoms. The molecule has 14 nitrogen and oxygen atoms in total. The average molecular weight is 886 g/mol. The number of carboxylic acids is 3. The van der Waals surface area contributed by atoms with Gasteiger partial charge in [-0.2, -0.15) is 57.8 Å². The lowest BCUT2D eigenvalue weighted by Crippen LogP contribution is -2.47. The highest BCUT2D eigenvalue weighted by molar-refractivity contribution is 6.04. The number of carbonyl (C=O) groups is 4. The lowest BCUT2D eigenvalue weighted by Gasteiger charge is -2.37. The highest BCUT2D eigenvalue weighted by atomic mass is 19.4. The van der Waals surface area contributed by atoms with E-state index in [1.54, 1.807) is 18.6 Å². The smallest absolute Gasteiger partial charge is 0.475 e. The number of halogens is 12. The molecule has 1 amide bonds. The Hall–Kier alpha value is -7.15. The summed E-state index contributed by atoms with van der Waals surface area (Å²) in [6.45, 7) is 2.89. The number of alkyl halides is 12. The van der Waals surface area contributed by atoms with E-state index in [1.165, 1.54) is 12.1 Å². The zero-order valence-corrected chi connectivity index (χ0v) is 30.2. The van der Waals surface area contributed by atoms with Crippen LogP contribution in [0.1, 0.15) is 15.9 Å². The van der Waals surface area contributed by atoms with Gasteiger partial charge in [0.2, 0.25) is 0 Å². The molecule has 1 fully saturated rings. The Morgan fingerprint density at radius 2 is 1.18 bits per heavy atom. The normalized spacial score (nSPS) is 13.0. The fraction of sp³-hybridized carbons (Fsp3) is 0.229. The summed E-state index contributed by atoms with van der Waals surface area (Å²) in [6, 6.07) is 17.8. The number of benzene rings is 3. The largest absolute Gasteiger partial charge is 0.490 e. The fourth-order valence-electron chi connectivity index (χ4n) is 4.88. The second-order valence-electron chi connectivity index (χ2n) is 11.9. The van der Waals surface area contributed by atoms with Crippen LogP contribution in [0.2, 0.25) is 0 Å². The maximum Gasteiger partial charge on any atom is 0.490 e. The van der Waals surface area contributed by atoms with Crippen molar-refractivity contribution in [2.75, 3.05) is 41.3 Å². The van der Waals surface area contributed by atoms with E-state index in [1.807, 2.05) is 36.5 Å². The van der Waals surface area contributed by atoms with E-state index >= 15 is 0 Å². The van der Waals surface area contributed by atoms with Gasteiger partial charge in [0, 0.05) is 60.3 Å². The van der Waals surface area contributed by atoms with Crippen molar-refractivity contribution in [2.45, 2.75) is 24.7 Å². The number of carbonyl (C=O) groups excluding carboxylic acids is 1. The van der Waals surface area contributed by atoms with Gasteiger partial charge in [-0.25, -0.2) is 24.4 Å². The zero-order valence-electron chi connectivity index (χ0n) is 30.2. The Morgan fingerprint density at radius 3 is 1.69 bits per heavy atom. The van der Waals surface area contributed by atoms with E-state index in [2.05, 4.69) is 41.3 Å². The Kier molecular flexibility index (Phi) is 15.6. The summed E-state index contributed by atoms with van der Waals surface area (Å²) in [5.74, 6) is -8.00. The minimum atomic E-state index is -5.08. The maximum absolute atomic E-state index is 13.1. The van der Waals surface area contributed by atoms with Gasteiger partial charge in [-0.1, -0.05) is 18.2 Å². The maximum atomic E-state index is 13.1. The number of hydrogen-bond donors (Lipinski definition) is 5. The molecule has 5 N–H and O–H groups in total. The molecule has 2 aromatic heterocycles. The number of anilines is 3. The average Bonchev–Trinajstić information content (AvgIpc) is 3.73. The molecule has 3 aromatic carbocycles. The van der Waals surface area contributed by atoms with Crippen molar-refractivity contribution in [3.8, 4) is 11.1 Å². The number of aromatic nitrogens is 4. The molecule has 328 valence electrons. The van der Waals surface area contributed by atoms with Crippen molar-refractivity contribution < 1.29 is 87.2 Å². The van der Waals surface area contributed by atoms with Crippen LogP contribution < -0.4 is 15.1 Å². The van der Waals surface area contributed by atoms with Gasteiger partial charge in [-0.15, -0.1) is 0 Å². The van der Waals surface area contributed by atoms with Gasteiger partial charge in [0.15, 0.2) is 0 Å². The van der Waals surface area contributed by atoms with Crippen LogP contribution >= 0.6 is 0 Å². The molecular formula is C35H27F12N7O7. The second kappa shape index (κ2) is 19.7. The third-order valence-corrected chi connectivity index (χ3v) is 7.67. The molecule has 1 saturated heterocycles. The Bertz CT molecular complexity index is 2240. The summed E-state index contributed by atoms with van der Waals surface area (Å²) in [5, 5.41) is 31.9. The van der Waals surface area contributed by atoms with E-state index in [-0.39, 0.29) is 5.56 Å². The monoisotopic (exact) mass is 885 g/mol. The van der Waals surface area contributed by atoms with Gasteiger partial charge in [0.1, 0.15) is 12.1 Å². The van der Waals surface area contributed by atoms with Crippen LogP contribution in [0, 0.1) is 0 Å². The van der Waals surface area contributed by atoms with Crippen LogP contribution in [0.3, 0.4) is 0 Å². The van der Waals surface area contributed by atoms with Crippen LogP contribution in [0.4, 0.5) is 69.9 Å². The third kappa shape index (κ3) is 14.6. The summed E-state index contributed by atoms with van der Waals surface area (Å²) in [4.78, 5) is 52.8. The predicted molar refractivity (Wildman–Crippen MR) is 188 cm³/mol.